The lowest BCUT2D eigenvalue weighted by Crippen LogP contribution is -2.45. The second-order valence-corrected chi connectivity index (χ2v) is 11.6. The molecular weight excluding hydrogens is 533 g/mol. The van der Waals surface area contributed by atoms with Gasteiger partial charge in [-0.1, -0.05) is 24.6 Å². The average Bonchev–Trinajstić information content (AvgIpc) is 3.38. The van der Waals surface area contributed by atoms with E-state index in [4.69, 9.17) is 0 Å². The van der Waals surface area contributed by atoms with Crippen LogP contribution in [0, 0.1) is 11.8 Å². The largest absolute Gasteiger partial charge is 0.508 e. The Balaban J connectivity index is 1.25. The summed E-state index contributed by atoms with van der Waals surface area (Å²) < 4.78 is 42.2. The number of phenols is 1. The third-order valence-electron chi connectivity index (χ3n) is 8.66. The Labute approximate surface area is 238 Å². The molecule has 0 unspecified atom stereocenters. The number of benzene rings is 2. The third-order valence-corrected chi connectivity index (χ3v) is 8.66. The fraction of sp³-hybridized carbons (Fsp3) is 0.484. The fourth-order valence-corrected chi connectivity index (χ4v) is 6.39. The number of aromatic hydroxyl groups is 1. The minimum atomic E-state index is -4.56. The van der Waals surface area contributed by atoms with Crippen LogP contribution in [0.3, 0.4) is 0 Å². The van der Waals surface area contributed by atoms with E-state index in [1.807, 2.05) is 11.9 Å². The summed E-state index contributed by atoms with van der Waals surface area (Å²) >= 11 is 0. The SMILES string of the molecule is CN1CCN(Cc2ccc(C(=O)N3C[C@H]4CCC[C@@H](NC(=O)/C=C/c5cccc(O)c5)[C@H]4C3)cc2C(F)(F)F)CC1. The molecule has 0 aromatic heterocycles. The molecule has 3 fully saturated rings. The molecule has 3 aliphatic rings. The molecule has 1 saturated carbocycles. The van der Waals surface area contributed by atoms with Gasteiger partial charge in [0.05, 0.1) is 5.56 Å². The number of carbonyl (C=O) groups is 2. The Kier molecular flexibility index (Phi) is 8.70. The highest BCUT2D eigenvalue weighted by Crippen LogP contribution is 2.38. The summed E-state index contributed by atoms with van der Waals surface area (Å²) in [6, 6.07) is 10.5. The van der Waals surface area contributed by atoms with Crippen LogP contribution in [0.25, 0.3) is 6.08 Å². The number of likely N-dealkylation sites (N-methyl/N-ethyl adjacent to an activating group) is 1. The smallest absolute Gasteiger partial charge is 0.416 e. The summed E-state index contributed by atoms with van der Waals surface area (Å²) in [4.78, 5) is 31.9. The normalized spacial score (nSPS) is 24.0. The zero-order valence-corrected chi connectivity index (χ0v) is 23.2. The Morgan fingerprint density at radius 1 is 1.05 bits per heavy atom. The molecule has 0 radical (unpaired) electrons. The zero-order valence-electron chi connectivity index (χ0n) is 23.2. The van der Waals surface area contributed by atoms with Gasteiger partial charge in [0.2, 0.25) is 5.91 Å². The van der Waals surface area contributed by atoms with Gasteiger partial charge in [0.25, 0.3) is 5.91 Å². The van der Waals surface area contributed by atoms with E-state index in [9.17, 15) is 27.9 Å². The lowest BCUT2D eigenvalue weighted by Gasteiger charge is -2.33. The van der Waals surface area contributed by atoms with Crippen LogP contribution in [-0.2, 0) is 17.5 Å². The van der Waals surface area contributed by atoms with Crippen LogP contribution in [0.4, 0.5) is 13.2 Å². The maximum Gasteiger partial charge on any atom is 0.416 e. The second-order valence-electron chi connectivity index (χ2n) is 11.6. The van der Waals surface area contributed by atoms with Crippen molar-refractivity contribution in [3.63, 3.8) is 0 Å². The summed E-state index contributed by atoms with van der Waals surface area (Å²) in [6.45, 7) is 4.10. The van der Waals surface area contributed by atoms with Crippen LogP contribution >= 0.6 is 0 Å². The number of phenolic OH excluding ortho intramolecular Hbond substituents is 1. The highest BCUT2D eigenvalue weighted by molar-refractivity contribution is 5.95. The molecule has 2 N–H and O–H groups in total. The Morgan fingerprint density at radius 2 is 1.83 bits per heavy atom. The zero-order chi connectivity index (χ0) is 29.1. The topological polar surface area (TPSA) is 76.1 Å². The number of fused-ring (bicyclic) bond motifs is 1. The maximum atomic E-state index is 14.1. The molecule has 10 heteroatoms. The lowest BCUT2D eigenvalue weighted by molar-refractivity contribution is -0.138. The molecule has 220 valence electrons. The number of nitrogens with one attached hydrogen (secondary N) is 1. The number of rotatable bonds is 6. The molecule has 3 atom stereocenters. The average molecular weight is 571 g/mol. The molecule has 2 heterocycles. The van der Waals surface area contributed by atoms with E-state index in [-0.39, 0.29) is 47.2 Å². The molecule has 2 aliphatic heterocycles. The summed E-state index contributed by atoms with van der Waals surface area (Å²) in [5, 5.41) is 12.7. The van der Waals surface area contributed by atoms with E-state index in [1.165, 1.54) is 18.2 Å². The van der Waals surface area contributed by atoms with Crippen molar-refractivity contribution in [1.82, 2.24) is 20.0 Å². The molecule has 2 saturated heterocycles. The highest BCUT2D eigenvalue weighted by Gasteiger charge is 2.43. The van der Waals surface area contributed by atoms with E-state index in [0.717, 1.165) is 38.4 Å². The minimum Gasteiger partial charge on any atom is -0.508 e. The first-order valence-electron chi connectivity index (χ1n) is 14.2. The van der Waals surface area contributed by atoms with Crippen molar-refractivity contribution in [3.05, 3.63) is 70.8 Å². The first kappa shape index (κ1) is 29.1. The fourth-order valence-electron chi connectivity index (χ4n) is 6.39. The van der Waals surface area contributed by atoms with Gasteiger partial charge in [-0.15, -0.1) is 0 Å². The van der Waals surface area contributed by atoms with Gasteiger partial charge < -0.3 is 20.2 Å². The van der Waals surface area contributed by atoms with Gasteiger partial charge in [-0.25, -0.2) is 0 Å². The Morgan fingerprint density at radius 3 is 2.56 bits per heavy atom. The number of hydrogen-bond acceptors (Lipinski definition) is 5. The molecule has 0 bridgehead atoms. The van der Waals surface area contributed by atoms with Gasteiger partial charge >= 0.3 is 6.18 Å². The van der Waals surface area contributed by atoms with Crippen LogP contribution in [0.15, 0.2) is 48.5 Å². The van der Waals surface area contributed by atoms with Crippen LogP contribution < -0.4 is 5.32 Å². The Bertz CT molecular complexity index is 1290. The van der Waals surface area contributed by atoms with E-state index in [0.29, 0.717) is 31.7 Å². The van der Waals surface area contributed by atoms with Gasteiger partial charge in [-0.3, -0.25) is 14.5 Å². The molecule has 2 aromatic rings. The highest BCUT2D eigenvalue weighted by atomic mass is 19.4. The van der Waals surface area contributed by atoms with Gasteiger partial charge in [0.1, 0.15) is 5.75 Å². The van der Waals surface area contributed by atoms with Crippen LogP contribution in [0.2, 0.25) is 0 Å². The number of piperazine rings is 1. The number of amides is 2. The number of hydrogen-bond donors (Lipinski definition) is 2. The van der Waals surface area contributed by atoms with Crippen molar-refractivity contribution in [1.29, 1.82) is 0 Å². The van der Waals surface area contributed by atoms with Crippen molar-refractivity contribution < 1.29 is 27.9 Å². The molecule has 41 heavy (non-hydrogen) atoms. The van der Waals surface area contributed by atoms with Gasteiger partial charge in [0.15, 0.2) is 0 Å². The van der Waals surface area contributed by atoms with Crippen molar-refractivity contribution in [2.24, 2.45) is 11.8 Å². The summed E-state index contributed by atoms with van der Waals surface area (Å²) in [5.41, 5.74) is 0.192. The summed E-state index contributed by atoms with van der Waals surface area (Å²) in [5.74, 6) is -0.305. The van der Waals surface area contributed by atoms with Crippen molar-refractivity contribution in [2.45, 2.75) is 38.0 Å². The van der Waals surface area contributed by atoms with Crippen LogP contribution in [-0.4, -0.2) is 84.0 Å². The van der Waals surface area contributed by atoms with Gasteiger partial charge in [-0.05, 0) is 67.3 Å². The molecule has 0 spiro atoms. The van der Waals surface area contributed by atoms with Gasteiger partial charge in [-0.2, -0.15) is 13.2 Å². The molecule has 2 amide bonds. The first-order valence-corrected chi connectivity index (χ1v) is 14.2. The predicted octanol–water partition coefficient (Wildman–Crippen LogP) is 4.23. The number of likely N-dealkylation sites (tertiary alicyclic amines) is 1. The number of carbonyl (C=O) groups excluding carboxylic acids is 2. The van der Waals surface area contributed by atoms with Gasteiger partial charge in [0, 0.05) is 69.4 Å². The van der Waals surface area contributed by atoms with E-state index in [2.05, 4.69) is 10.2 Å². The van der Waals surface area contributed by atoms with Crippen molar-refractivity contribution in [3.8, 4) is 5.75 Å². The number of nitrogens with zero attached hydrogens (tertiary/aromatic N) is 3. The van der Waals surface area contributed by atoms with Crippen LogP contribution in [0.1, 0.15) is 46.3 Å². The van der Waals surface area contributed by atoms with E-state index >= 15 is 0 Å². The third kappa shape index (κ3) is 7.11. The predicted molar refractivity (Wildman–Crippen MR) is 150 cm³/mol. The first-order chi connectivity index (χ1) is 19.6. The van der Waals surface area contributed by atoms with Crippen molar-refractivity contribution in [2.75, 3.05) is 46.3 Å². The monoisotopic (exact) mass is 570 g/mol. The maximum absolute atomic E-state index is 14.1. The van der Waals surface area contributed by atoms with E-state index in [1.54, 1.807) is 35.2 Å². The van der Waals surface area contributed by atoms with Crippen LogP contribution in [0.5, 0.6) is 5.75 Å². The molecule has 1 aliphatic carbocycles. The second kappa shape index (κ2) is 12.2. The lowest BCUT2D eigenvalue weighted by atomic mass is 9.78. The van der Waals surface area contributed by atoms with E-state index < -0.39 is 17.6 Å². The molecular formula is C31H37F3N4O3. The number of alkyl halides is 3. The number of halogens is 3. The standard InChI is InChI=1S/C31H37F3N4O3/c1-36-12-14-37(15-13-36)18-24-10-9-22(17-27(24)31(32,33)34)30(41)38-19-23-5-3-7-28(26(23)20-38)35-29(40)11-8-21-4-2-6-25(39)16-21/h2,4,6,8-11,16-17,23,26,28,39H,3,5,7,12-15,18-20H2,1H3,(H,35,40)/b11-8+/t23-,26+,28-/m1/s1. The summed E-state index contributed by atoms with van der Waals surface area (Å²) in [6.07, 6.45) is 1.11. The summed E-state index contributed by atoms with van der Waals surface area (Å²) in [7, 11) is 2.00. The minimum absolute atomic E-state index is 0.0458. The molecule has 2 aromatic carbocycles. The molecule has 7 nitrogen and oxygen atoms in total. The molecule has 5 rings (SSSR count). The quantitative estimate of drug-likeness (QED) is 0.509. The Hall–Kier alpha value is -3.37. The van der Waals surface area contributed by atoms with Crippen molar-refractivity contribution >= 4 is 17.9 Å².